The van der Waals surface area contributed by atoms with Gasteiger partial charge >= 0.3 is 0 Å². The number of fused-ring (bicyclic) bond motifs is 1. The third-order valence-electron chi connectivity index (χ3n) is 5.90. The average molecular weight is 382 g/mol. The van der Waals surface area contributed by atoms with Crippen molar-refractivity contribution in [3.8, 4) is 0 Å². The molecule has 4 nitrogen and oxygen atoms in total. The van der Waals surface area contributed by atoms with Crippen LogP contribution >= 0.6 is 11.8 Å². The second-order valence-corrected chi connectivity index (χ2v) is 8.58. The Balaban J connectivity index is 1.32. The molecule has 1 amide bonds. The van der Waals surface area contributed by atoms with Gasteiger partial charge in [-0.2, -0.15) is 0 Å². The van der Waals surface area contributed by atoms with Gasteiger partial charge in [0.25, 0.3) is 0 Å². The fraction of sp³-hybridized carbons (Fsp3) is 0.455. The van der Waals surface area contributed by atoms with E-state index in [0.29, 0.717) is 17.8 Å². The molecular formula is C22H27N3OS. The molecule has 5 heteroatoms. The number of aromatic nitrogens is 1. The van der Waals surface area contributed by atoms with Crippen LogP contribution in [0.3, 0.4) is 0 Å². The topological polar surface area (TPSA) is 36.4 Å². The number of thioether (sulfide) groups is 1. The van der Waals surface area contributed by atoms with E-state index in [1.807, 2.05) is 30.1 Å². The Bertz CT molecular complexity index is 757. The molecule has 2 aromatic rings. The number of carbonyl (C=O) groups is 1. The number of carbonyl (C=O) groups excluding carboxylic acids is 1. The van der Waals surface area contributed by atoms with Gasteiger partial charge in [-0.05, 0) is 55.5 Å². The first kappa shape index (κ1) is 18.5. The Morgan fingerprint density at radius 3 is 2.63 bits per heavy atom. The number of benzene rings is 1. The molecule has 0 radical (unpaired) electrons. The molecule has 0 N–H and O–H groups in total. The third-order valence-corrected chi connectivity index (χ3v) is 6.82. The van der Waals surface area contributed by atoms with E-state index in [-0.39, 0.29) is 5.91 Å². The van der Waals surface area contributed by atoms with Crippen molar-refractivity contribution in [2.75, 3.05) is 25.9 Å². The standard InChI is InChI=1S/C22H27N3OS/c1-24(22(26)16-27-21-10-4-5-11-23-21)19-9-6-12-25(15-19)20-13-17-7-2-3-8-18(17)14-20/h2-5,7-8,10-11,19-20H,6,9,12-16H2,1H3. The Morgan fingerprint density at radius 2 is 1.93 bits per heavy atom. The number of rotatable bonds is 5. The van der Waals surface area contributed by atoms with E-state index < -0.39 is 0 Å². The molecule has 2 aliphatic rings. The highest BCUT2D eigenvalue weighted by molar-refractivity contribution is 7.99. The lowest BCUT2D eigenvalue weighted by atomic mass is 10.0. The quantitative estimate of drug-likeness (QED) is 0.745. The molecule has 0 spiro atoms. The summed E-state index contributed by atoms with van der Waals surface area (Å²) in [5, 5.41) is 0.910. The van der Waals surface area contributed by atoms with E-state index in [4.69, 9.17) is 0 Å². The number of piperidine rings is 1. The minimum absolute atomic E-state index is 0.201. The summed E-state index contributed by atoms with van der Waals surface area (Å²) in [5.41, 5.74) is 3.00. The maximum atomic E-state index is 12.7. The van der Waals surface area contributed by atoms with Gasteiger partial charge in [-0.1, -0.05) is 42.1 Å². The average Bonchev–Trinajstić information content (AvgIpc) is 3.17. The molecule has 4 rings (SSSR count). The molecule has 1 atom stereocenters. The van der Waals surface area contributed by atoms with Gasteiger partial charge in [0.15, 0.2) is 0 Å². The summed E-state index contributed by atoms with van der Waals surface area (Å²) in [6.45, 7) is 2.15. The van der Waals surface area contributed by atoms with Crippen molar-refractivity contribution in [3.05, 3.63) is 59.8 Å². The van der Waals surface area contributed by atoms with E-state index in [2.05, 4.69) is 34.1 Å². The van der Waals surface area contributed by atoms with Gasteiger partial charge in [0.05, 0.1) is 10.8 Å². The van der Waals surface area contributed by atoms with Gasteiger partial charge in [0.1, 0.15) is 0 Å². The number of hydrogen-bond donors (Lipinski definition) is 0. The Kier molecular flexibility index (Phi) is 5.79. The maximum Gasteiger partial charge on any atom is 0.233 e. The molecule has 1 unspecified atom stereocenters. The van der Waals surface area contributed by atoms with Crippen LogP contribution < -0.4 is 0 Å². The molecule has 1 aromatic carbocycles. The van der Waals surface area contributed by atoms with E-state index in [9.17, 15) is 4.79 Å². The third kappa shape index (κ3) is 4.36. The second-order valence-electron chi connectivity index (χ2n) is 7.58. The Morgan fingerprint density at radius 1 is 1.19 bits per heavy atom. The first-order valence-electron chi connectivity index (χ1n) is 9.81. The molecule has 142 valence electrons. The highest BCUT2D eigenvalue weighted by atomic mass is 32.2. The maximum absolute atomic E-state index is 12.7. The van der Waals surface area contributed by atoms with Crippen LogP contribution in [-0.2, 0) is 17.6 Å². The molecular weight excluding hydrogens is 354 g/mol. The minimum Gasteiger partial charge on any atom is -0.341 e. The zero-order valence-electron chi connectivity index (χ0n) is 15.9. The van der Waals surface area contributed by atoms with Crippen LogP contribution in [0.5, 0.6) is 0 Å². The molecule has 2 heterocycles. The van der Waals surface area contributed by atoms with Crippen molar-refractivity contribution in [2.24, 2.45) is 0 Å². The summed E-state index contributed by atoms with van der Waals surface area (Å²) in [5.74, 6) is 0.658. The molecule has 1 fully saturated rings. The van der Waals surface area contributed by atoms with Gasteiger partial charge in [-0.3, -0.25) is 9.69 Å². The number of likely N-dealkylation sites (N-methyl/N-ethyl adjacent to an activating group) is 1. The van der Waals surface area contributed by atoms with E-state index in [0.717, 1.165) is 37.4 Å². The largest absolute Gasteiger partial charge is 0.341 e. The fourth-order valence-corrected chi connectivity index (χ4v) is 5.08. The van der Waals surface area contributed by atoms with Crippen molar-refractivity contribution >= 4 is 17.7 Å². The number of likely N-dealkylation sites (tertiary alicyclic amines) is 1. The lowest BCUT2D eigenvalue weighted by Gasteiger charge is -2.40. The Hall–Kier alpha value is -1.85. The summed E-state index contributed by atoms with van der Waals surface area (Å²) < 4.78 is 0. The predicted molar refractivity (Wildman–Crippen MR) is 110 cm³/mol. The van der Waals surface area contributed by atoms with Gasteiger partial charge in [0.2, 0.25) is 5.91 Å². The first-order chi connectivity index (χ1) is 13.2. The number of nitrogens with zero attached hydrogens (tertiary/aromatic N) is 3. The zero-order chi connectivity index (χ0) is 18.6. The van der Waals surface area contributed by atoms with Gasteiger partial charge in [-0.15, -0.1) is 0 Å². The van der Waals surface area contributed by atoms with E-state index in [1.54, 1.807) is 6.20 Å². The van der Waals surface area contributed by atoms with Gasteiger partial charge in [0, 0.05) is 31.9 Å². The number of hydrogen-bond acceptors (Lipinski definition) is 4. The van der Waals surface area contributed by atoms with Crippen LogP contribution in [0, 0.1) is 0 Å². The fourth-order valence-electron chi connectivity index (χ4n) is 4.30. The normalized spacial score (nSPS) is 20.4. The van der Waals surface area contributed by atoms with Crippen molar-refractivity contribution in [1.29, 1.82) is 0 Å². The van der Waals surface area contributed by atoms with Crippen molar-refractivity contribution in [3.63, 3.8) is 0 Å². The highest BCUT2D eigenvalue weighted by Gasteiger charge is 2.32. The van der Waals surface area contributed by atoms with E-state index in [1.165, 1.54) is 29.3 Å². The number of amides is 1. The summed E-state index contributed by atoms with van der Waals surface area (Å²) in [6, 6.07) is 15.5. The zero-order valence-corrected chi connectivity index (χ0v) is 16.7. The smallest absolute Gasteiger partial charge is 0.233 e. The van der Waals surface area contributed by atoms with Crippen molar-refractivity contribution in [2.45, 2.75) is 42.8 Å². The van der Waals surface area contributed by atoms with Crippen molar-refractivity contribution < 1.29 is 4.79 Å². The molecule has 1 aliphatic carbocycles. The lowest BCUT2D eigenvalue weighted by Crippen LogP contribution is -2.52. The molecule has 1 aliphatic heterocycles. The molecule has 0 saturated carbocycles. The summed E-state index contributed by atoms with van der Waals surface area (Å²) >= 11 is 1.52. The van der Waals surface area contributed by atoms with Crippen LogP contribution in [0.2, 0.25) is 0 Å². The van der Waals surface area contributed by atoms with Crippen LogP contribution in [0.1, 0.15) is 24.0 Å². The van der Waals surface area contributed by atoms with Crippen LogP contribution in [0.25, 0.3) is 0 Å². The first-order valence-corrected chi connectivity index (χ1v) is 10.8. The van der Waals surface area contributed by atoms with Crippen LogP contribution in [-0.4, -0.2) is 58.7 Å². The minimum atomic E-state index is 0.201. The summed E-state index contributed by atoms with van der Waals surface area (Å²) in [6.07, 6.45) is 6.34. The SMILES string of the molecule is CN(C(=O)CSc1ccccn1)C1CCCN(C2Cc3ccccc3C2)C1. The van der Waals surface area contributed by atoms with Crippen LogP contribution in [0.15, 0.2) is 53.7 Å². The number of pyridine rings is 1. The van der Waals surface area contributed by atoms with Gasteiger partial charge in [-0.25, -0.2) is 4.98 Å². The molecule has 1 aromatic heterocycles. The second kappa shape index (κ2) is 8.44. The van der Waals surface area contributed by atoms with E-state index >= 15 is 0 Å². The molecule has 0 bridgehead atoms. The summed E-state index contributed by atoms with van der Waals surface area (Å²) in [7, 11) is 1.97. The monoisotopic (exact) mass is 381 g/mol. The lowest BCUT2D eigenvalue weighted by molar-refractivity contribution is -0.130. The highest BCUT2D eigenvalue weighted by Crippen LogP contribution is 2.28. The van der Waals surface area contributed by atoms with Crippen molar-refractivity contribution in [1.82, 2.24) is 14.8 Å². The molecule has 27 heavy (non-hydrogen) atoms. The summed E-state index contributed by atoms with van der Waals surface area (Å²) in [4.78, 5) is 21.6. The molecule has 1 saturated heterocycles. The Labute approximate surface area is 166 Å². The van der Waals surface area contributed by atoms with Gasteiger partial charge < -0.3 is 4.90 Å². The van der Waals surface area contributed by atoms with Crippen LogP contribution in [0.4, 0.5) is 0 Å². The predicted octanol–water partition coefficient (Wildman–Crippen LogP) is 3.26.